The Bertz CT molecular complexity index is 790. The molecule has 3 aromatic carbocycles. The van der Waals surface area contributed by atoms with Gasteiger partial charge in [0.2, 0.25) is 0 Å². The molecular formula is C21H22N2. The molecule has 0 aliphatic heterocycles. The summed E-state index contributed by atoms with van der Waals surface area (Å²) in [6.45, 7) is 2.19. The summed E-state index contributed by atoms with van der Waals surface area (Å²) in [5, 5.41) is 3.29. The number of benzene rings is 3. The minimum Gasteiger partial charge on any atom is -0.399 e. The molecule has 0 spiro atoms. The van der Waals surface area contributed by atoms with Crippen molar-refractivity contribution >= 4 is 11.4 Å². The zero-order valence-corrected chi connectivity index (χ0v) is 13.6. The summed E-state index contributed by atoms with van der Waals surface area (Å²) in [5.41, 5.74) is 14.2. The first-order chi connectivity index (χ1) is 11.2. The smallest absolute Gasteiger partial charge is 0.0370 e. The van der Waals surface area contributed by atoms with Gasteiger partial charge in [0.1, 0.15) is 0 Å². The van der Waals surface area contributed by atoms with Crippen molar-refractivity contribution in [3.63, 3.8) is 0 Å². The molecule has 116 valence electrons. The lowest BCUT2D eigenvalue weighted by atomic mass is 9.90. The van der Waals surface area contributed by atoms with Crippen molar-refractivity contribution in [1.82, 2.24) is 0 Å². The van der Waals surface area contributed by atoms with E-state index in [1.165, 1.54) is 33.5 Å². The predicted octanol–water partition coefficient (Wildman–Crippen LogP) is 4.88. The van der Waals surface area contributed by atoms with Crippen LogP contribution in [0.25, 0.3) is 11.1 Å². The van der Waals surface area contributed by atoms with Gasteiger partial charge in [-0.1, -0.05) is 48.5 Å². The van der Waals surface area contributed by atoms with Crippen molar-refractivity contribution in [3.8, 4) is 11.1 Å². The standard InChI is InChI=1S/C21H22N2/c1-15-20(14-16-6-4-3-5-7-16)19(12-13-21(15)23-2)17-8-10-18(22)11-9-17/h3-13,23H,14,22H2,1-2H3. The van der Waals surface area contributed by atoms with Crippen molar-refractivity contribution in [3.05, 3.63) is 83.4 Å². The van der Waals surface area contributed by atoms with Crippen LogP contribution in [0.15, 0.2) is 66.7 Å². The molecule has 0 heterocycles. The highest BCUT2D eigenvalue weighted by Gasteiger charge is 2.12. The third kappa shape index (κ3) is 3.21. The van der Waals surface area contributed by atoms with Crippen LogP contribution in [0.1, 0.15) is 16.7 Å². The molecular weight excluding hydrogens is 280 g/mol. The molecule has 0 aliphatic carbocycles. The molecule has 0 aliphatic rings. The second-order valence-electron chi connectivity index (χ2n) is 5.80. The molecule has 0 unspecified atom stereocenters. The van der Waals surface area contributed by atoms with Gasteiger partial charge < -0.3 is 11.1 Å². The first kappa shape index (κ1) is 15.2. The topological polar surface area (TPSA) is 38.0 Å². The molecule has 3 aromatic rings. The third-order valence-corrected chi connectivity index (χ3v) is 4.31. The second-order valence-corrected chi connectivity index (χ2v) is 5.80. The highest BCUT2D eigenvalue weighted by Crippen LogP contribution is 2.32. The van der Waals surface area contributed by atoms with Crippen LogP contribution >= 0.6 is 0 Å². The lowest BCUT2D eigenvalue weighted by Gasteiger charge is -2.17. The van der Waals surface area contributed by atoms with E-state index < -0.39 is 0 Å². The van der Waals surface area contributed by atoms with Crippen LogP contribution in [0.3, 0.4) is 0 Å². The molecule has 0 aromatic heterocycles. The molecule has 23 heavy (non-hydrogen) atoms. The van der Waals surface area contributed by atoms with E-state index in [0.29, 0.717) is 0 Å². The number of nitrogens with two attached hydrogens (primary N) is 1. The zero-order valence-electron chi connectivity index (χ0n) is 13.6. The number of hydrogen-bond acceptors (Lipinski definition) is 2. The Morgan fingerprint density at radius 3 is 2.22 bits per heavy atom. The van der Waals surface area contributed by atoms with E-state index >= 15 is 0 Å². The molecule has 0 saturated carbocycles. The lowest BCUT2D eigenvalue weighted by Crippen LogP contribution is -2.01. The van der Waals surface area contributed by atoms with E-state index in [1.807, 2.05) is 19.2 Å². The molecule has 0 saturated heterocycles. The van der Waals surface area contributed by atoms with E-state index in [-0.39, 0.29) is 0 Å². The van der Waals surface area contributed by atoms with Crippen LogP contribution in [-0.4, -0.2) is 7.05 Å². The van der Waals surface area contributed by atoms with Gasteiger partial charge in [0.25, 0.3) is 0 Å². The minimum atomic E-state index is 0.793. The maximum absolute atomic E-state index is 5.83. The Kier molecular flexibility index (Phi) is 4.33. The van der Waals surface area contributed by atoms with Gasteiger partial charge in [-0.05, 0) is 59.4 Å². The predicted molar refractivity (Wildman–Crippen MR) is 99.8 cm³/mol. The molecule has 0 amide bonds. The average molecular weight is 302 g/mol. The van der Waals surface area contributed by atoms with Gasteiger partial charge in [-0.25, -0.2) is 0 Å². The number of hydrogen-bond donors (Lipinski definition) is 2. The van der Waals surface area contributed by atoms with Crippen molar-refractivity contribution in [2.75, 3.05) is 18.1 Å². The number of anilines is 2. The molecule has 2 heteroatoms. The number of rotatable bonds is 4. The third-order valence-electron chi connectivity index (χ3n) is 4.31. The Morgan fingerprint density at radius 1 is 0.870 bits per heavy atom. The fourth-order valence-electron chi connectivity index (χ4n) is 2.99. The lowest BCUT2D eigenvalue weighted by molar-refractivity contribution is 1.16. The Hall–Kier alpha value is -2.74. The fourth-order valence-corrected chi connectivity index (χ4v) is 2.99. The summed E-state index contributed by atoms with van der Waals surface area (Å²) in [7, 11) is 1.97. The van der Waals surface area contributed by atoms with Gasteiger partial charge in [-0.2, -0.15) is 0 Å². The number of nitrogen functional groups attached to an aromatic ring is 1. The summed E-state index contributed by atoms with van der Waals surface area (Å²) in [5.74, 6) is 0. The Labute approximate surface area is 138 Å². The summed E-state index contributed by atoms with van der Waals surface area (Å²) < 4.78 is 0. The van der Waals surface area contributed by atoms with E-state index in [2.05, 4.69) is 66.8 Å². The Morgan fingerprint density at radius 2 is 1.57 bits per heavy atom. The first-order valence-electron chi connectivity index (χ1n) is 7.89. The van der Waals surface area contributed by atoms with Crippen LogP contribution in [0, 0.1) is 6.92 Å². The Balaban J connectivity index is 2.11. The van der Waals surface area contributed by atoms with Crippen LogP contribution in [0.5, 0.6) is 0 Å². The molecule has 3 N–H and O–H groups in total. The van der Waals surface area contributed by atoms with Gasteiger partial charge in [0, 0.05) is 18.4 Å². The second kappa shape index (κ2) is 6.57. The van der Waals surface area contributed by atoms with E-state index in [9.17, 15) is 0 Å². The van der Waals surface area contributed by atoms with E-state index in [4.69, 9.17) is 5.73 Å². The average Bonchev–Trinajstić information content (AvgIpc) is 2.58. The van der Waals surface area contributed by atoms with Gasteiger partial charge in [0.05, 0.1) is 0 Å². The van der Waals surface area contributed by atoms with Gasteiger partial charge in [0.15, 0.2) is 0 Å². The SMILES string of the molecule is CNc1ccc(-c2ccc(N)cc2)c(Cc2ccccc2)c1C. The normalized spacial score (nSPS) is 10.5. The molecule has 0 bridgehead atoms. The van der Waals surface area contributed by atoms with Crippen LogP contribution in [0.2, 0.25) is 0 Å². The largest absolute Gasteiger partial charge is 0.399 e. The van der Waals surface area contributed by atoms with Gasteiger partial charge >= 0.3 is 0 Å². The summed E-state index contributed by atoms with van der Waals surface area (Å²) in [4.78, 5) is 0. The summed E-state index contributed by atoms with van der Waals surface area (Å²) >= 11 is 0. The highest BCUT2D eigenvalue weighted by atomic mass is 14.8. The van der Waals surface area contributed by atoms with Crippen molar-refractivity contribution < 1.29 is 0 Å². The summed E-state index contributed by atoms with van der Waals surface area (Å²) in [6, 6.07) is 23.1. The molecule has 3 rings (SSSR count). The molecule has 0 radical (unpaired) electrons. The van der Waals surface area contributed by atoms with Crippen molar-refractivity contribution in [1.29, 1.82) is 0 Å². The first-order valence-corrected chi connectivity index (χ1v) is 7.89. The zero-order chi connectivity index (χ0) is 16.2. The van der Waals surface area contributed by atoms with E-state index in [1.54, 1.807) is 0 Å². The summed E-state index contributed by atoms with van der Waals surface area (Å²) in [6.07, 6.45) is 0.919. The van der Waals surface area contributed by atoms with E-state index in [0.717, 1.165) is 12.1 Å². The maximum Gasteiger partial charge on any atom is 0.0370 e. The van der Waals surface area contributed by atoms with Crippen LogP contribution in [-0.2, 0) is 6.42 Å². The quantitative estimate of drug-likeness (QED) is 0.674. The van der Waals surface area contributed by atoms with Crippen molar-refractivity contribution in [2.24, 2.45) is 0 Å². The number of nitrogens with one attached hydrogen (secondary N) is 1. The highest BCUT2D eigenvalue weighted by molar-refractivity contribution is 5.74. The maximum atomic E-state index is 5.83. The molecule has 2 nitrogen and oxygen atoms in total. The van der Waals surface area contributed by atoms with Gasteiger partial charge in [-0.3, -0.25) is 0 Å². The van der Waals surface area contributed by atoms with Crippen molar-refractivity contribution in [2.45, 2.75) is 13.3 Å². The molecule has 0 atom stereocenters. The fraction of sp³-hybridized carbons (Fsp3) is 0.143. The van der Waals surface area contributed by atoms with Gasteiger partial charge in [-0.15, -0.1) is 0 Å². The molecule has 0 fully saturated rings. The van der Waals surface area contributed by atoms with Crippen LogP contribution in [0.4, 0.5) is 11.4 Å². The monoisotopic (exact) mass is 302 g/mol. The minimum absolute atomic E-state index is 0.793. The van der Waals surface area contributed by atoms with Crippen LogP contribution < -0.4 is 11.1 Å².